The second-order valence-corrected chi connectivity index (χ2v) is 6.58. The van der Waals surface area contributed by atoms with Gasteiger partial charge in [-0.2, -0.15) is 0 Å². The highest BCUT2D eigenvalue weighted by atomic mass is 35.5. The summed E-state index contributed by atoms with van der Waals surface area (Å²) in [5.41, 5.74) is 1.37. The molecule has 146 valence electrons. The van der Waals surface area contributed by atoms with Crippen LogP contribution in [0.2, 0.25) is 5.02 Å². The number of ether oxygens (including phenoxy) is 3. The zero-order valence-corrected chi connectivity index (χ0v) is 16.8. The Balaban J connectivity index is 1.94. The molecule has 0 atom stereocenters. The molecule has 0 saturated heterocycles. The van der Waals surface area contributed by atoms with E-state index >= 15 is 0 Å². The molecule has 1 N–H and O–H groups in total. The molecule has 0 unspecified atom stereocenters. The third kappa shape index (κ3) is 6.05. The van der Waals surface area contributed by atoms with Gasteiger partial charge in [-0.15, -0.1) is 0 Å². The van der Waals surface area contributed by atoms with Crippen molar-refractivity contribution in [2.45, 2.75) is 6.54 Å². The van der Waals surface area contributed by atoms with Gasteiger partial charge in [0.25, 0.3) is 5.91 Å². The van der Waals surface area contributed by atoms with Gasteiger partial charge in [-0.05, 0) is 43.9 Å². The first-order valence-corrected chi connectivity index (χ1v) is 8.88. The van der Waals surface area contributed by atoms with Crippen LogP contribution in [0.15, 0.2) is 36.4 Å². The maximum atomic E-state index is 12.4. The lowest BCUT2D eigenvalue weighted by Gasteiger charge is -2.12. The molecule has 0 aliphatic rings. The van der Waals surface area contributed by atoms with Crippen molar-refractivity contribution in [2.75, 3.05) is 41.5 Å². The first-order chi connectivity index (χ1) is 12.9. The van der Waals surface area contributed by atoms with Crippen LogP contribution in [0.5, 0.6) is 17.2 Å². The Labute approximate surface area is 165 Å². The van der Waals surface area contributed by atoms with Crippen LogP contribution in [0.3, 0.4) is 0 Å². The molecule has 0 saturated carbocycles. The van der Waals surface area contributed by atoms with E-state index in [4.69, 9.17) is 25.8 Å². The van der Waals surface area contributed by atoms with Crippen molar-refractivity contribution in [3.05, 3.63) is 52.5 Å². The molecule has 7 heteroatoms. The Hall–Kier alpha value is -2.44. The molecule has 0 radical (unpaired) electrons. The SMILES string of the molecule is COc1cc(C(=O)NCc2ccc(OCCN(C)C)cc2)cc(Cl)c1OC. The largest absolute Gasteiger partial charge is 0.493 e. The van der Waals surface area contributed by atoms with E-state index in [1.807, 2.05) is 38.4 Å². The number of benzene rings is 2. The van der Waals surface area contributed by atoms with Crippen molar-refractivity contribution >= 4 is 17.5 Å². The quantitative estimate of drug-likeness (QED) is 0.710. The summed E-state index contributed by atoms with van der Waals surface area (Å²) in [6, 6.07) is 10.8. The molecule has 0 aliphatic heterocycles. The number of carbonyl (C=O) groups is 1. The van der Waals surface area contributed by atoms with Gasteiger partial charge in [-0.3, -0.25) is 4.79 Å². The number of hydrogen-bond donors (Lipinski definition) is 1. The minimum absolute atomic E-state index is 0.246. The summed E-state index contributed by atoms with van der Waals surface area (Å²) in [6.45, 7) is 1.87. The van der Waals surface area contributed by atoms with E-state index < -0.39 is 0 Å². The lowest BCUT2D eigenvalue weighted by atomic mass is 10.1. The molecule has 0 bridgehead atoms. The number of likely N-dealkylation sites (N-methyl/N-ethyl adjacent to an activating group) is 1. The fourth-order valence-electron chi connectivity index (χ4n) is 2.38. The first-order valence-electron chi connectivity index (χ1n) is 8.50. The van der Waals surface area contributed by atoms with Crippen molar-refractivity contribution in [1.82, 2.24) is 10.2 Å². The monoisotopic (exact) mass is 392 g/mol. The van der Waals surface area contributed by atoms with Gasteiger partial charge in [-0.25, -0.2) is 0 Å². The van der Waals surface area contributed by atoms with Crippen LogP contribution >= 0.6 is 11.6 Å². The standard InChI is InChI=1S/C20H25ClN2O4/c1-23(2)9-10-27-16-7-5-14(6-8-16)13-22-20(24)15-11-17(21)19(26-4)18(12-15)25-3/h5-8,11-12H,9-10,13H2,1-4H3,(H,22,24). The number of amides is 1. The van der Waals surface area contributed by atoms with Crippen LogP contribution in [0, 0.1) is 0 Å². The van der Waals surface area contributed by atoms with Gasteiger partial charge >= 0.3 is 0 Å². The molecule has 1 amide bonds. The van der Waals surface area contributed by atoms with Crippen molar-refractivity contribution in [3.8, 4) is 17.2 Å². The highest BCUT2D eigenvalue weighted by Crippen LogP contribution is 2.35. The molecule has 0 heterocycles. The molecule has 2 aromatic carbocycles. The van der Waals surface area contributed by atoms with Crippen molar-refractivity contribution in [1.29, 1.82) is 0 Å². The van der Waals surface area contributed by atoms with E-state index in [0.29, 0.717) is 35.2 Å². The number of nitrogens with zero attached hydrogens (tertiary/aromatic N) is 1. The Morgan fingerprint density at radius 2 is 1.81 bits per heavy atom. The molecule has 2 aromatic rings. The van der Waals surface area contributed by atoms with Gasteiger partial charge in [0.15, 0.2) is 11.5 Å². The van der Waals surface area contributed by atoms with Gasteiger partial charge in [0.1, 0.15) is 12.4 Å². The minimum Gasteiger partial charge on any atom is -0.493 e. The summed E-state index contributed by atoms with van der Waals surface area (Å²) in [6.07, 6.45) is 0. The number of halogens is 1. The number of rotatable bonds is 9. The summed E-state index contributed by atoms with van der Waals surface area (Å²) in [4.78, 5) is 14.5. The van der Waals surface area contributed by atoms with Crippen LogP contribution in [-0.2, 0) is 6.54 Å². The predicted molar refractivity (Wildman–Crippen MR) is 106 cm³/mol. The number of carbonyl (C=O) groups excluding carboxylic acids is 1. The summed E-state index contributed by atoms with van der Waals surface area (Å²) < 4.78 is 16.1. The fraction of sp³-hybridized carbons (Fsp3) is 0.350. The second kappa shape index (κ2) is 10.0. The molecule has 2 rings (SSSR count). The molecule has 0 aliphatic carbocycles. The second-order valence-electron chi connectivity index (χ2n) is 6.17. The number of nitrogens with one attached hydrogen (secondary N) is 1. The number of methoxy groups -OCH3 is 2. The summed E-state index contributed by atoms with van der Waals surface area (Å²) in [5, 5.41) is 3.19. The fourth-order valence-corrected chi connectivity index (χ4v) is 2.67. The van der Waals surface area contributed by atoms with E-state index in [0.717, 1.165) is 17.9 Å². The molecular formula is C20H25ClN2O4. The molecule has 0 aromatic heterocycles. The average molecular weight is 393 g/mol. The van der Waals surface area contributed by atoms with Gasteiger partial charge in [0.2, 0.25) is 0 Å². The Kier molecular flexibility index (Phi) is 7.76. The normalized spacial score (nSPS) is 10.6. The van der Waals surface area contributed by atoms with Crippen molar-refractivity contribution in [2.24, 2.45) is 0 Å². The van der Waals surface area contributed by atoms with E-state index in [-0.39, 0.29) is 5.91 Å². The van der Waals surface area contributed by atoms with Gasteiger partial charge < -0.3 is 24.4 Å². The van der Waals surface area contributed by atoms with Crippen molar-refractivity contribution < 1.29 is 19.0 Å². The average Bonchev–Trinajstić information content (AvgIpc) is 2.66. The maximum absolute atomic E-state index is 12.4. The smallest absolute Gasteiger partial charge is 0.251 e. The highest BCUT2D eigenvalue weighted by Gasteiger charge is 2.15. The van der Waals surface area contributed by atoms with Crippen LogP contribution in [0.4, 0.5) is 0 Å². The van der Waals surface area contributed by atoms with Crippen LogP contribution < -0.4 is 19.5 Å². The summed E-state index contributed by atoms with van der Waals surface area (Å²) in [5.74, 6) is 1.37. The van der Waals surface area contributed by atoms with Crippen LogP contribution in [0.25, 0.3) is 0 Å². The Morgan fingerprint density at radius 1 is 1.11 bits per heavy atom. The van der Waals surface area contributed by atoms with Gasteiger partial charge in [0.05, 0.1) is 19.2 Å². The molecular weight excluding hydrogens is 368 g/mol. The van der Waals surface area contributed by atoms with Gasteiger partial charge in [-0.1, -0.05) is 23.7 Å². The lowest BCUT2D eigenvalue weighted by Crippen LogP contribution is -2.23. The predicted octanol–water partition coefficient (Wildman–Crippen LogP) is 3.23. The molecule has 0 spiro atoms. The Morgan fingerprint density at radius 3 is 2.41 bits per heavy atom. The van der Waals surface area contributed by atoms with E-state index in [1.54, 1.807) is 12.1 Å². The van der Waals surface area contributed by atoms with Crippen LogP contribution in [0.1, 0.15) is 15.9 Å². The molecule has 27 heavy (non-hydrogen) atoms. The van der Waals surface area contributed by atoms with E-state index in [2.05, 4.69) is 10.2 Å². The van der Waals surface area contributed by atoms with Crippen LogP contribution in [-0.4, -0.2) is 52.3 Å². The highest BCUT2D eigenvalue weighted by molar-refractivity contribution is 6.32. The summed E-state index contributed by atoms with van der Waals surface area (Å²) >= 11 is 6.15. The zero-order chi connectivity index (χ0) is 19.8. The summed E-state index contributed by atoms with van der Waals surface area (Å²) in [7, 11) is 7.00. The molecule has 6 nitrogen and oxygen atoms in total. The maximum Gasteiger partial charge on any atom is 0.251 e. The zero-order valence-electron chi connectivity index (χ0n) is 16.0. The first kappa shape index (κ1) is 20.9. The number of hydrogen-bond acceptors (Lipinski definition) is 5. The third-order valence-electron chi connectivity index (χ3n) is 3.88. The molecule has 0 fully saturated rings. The topological polar surface area (TPSA) is 60.0 Å². The van der Waals surface area contributed by atoms with Crippen molar-refractivity contribution in [3.63, 3.8) is 0 Å². The minimum atomic E-state index is -0.246. The lowest BCUT2D eigenvalue weighted by molar-refractivity contribution is 0.0950. The van der Waals surface area contributed by atoms with E-state index in [9.17, 15) is 4.79 Å². The van der Waals surface area contributed by atoms with E-state index in [1.165, 1.54) is 14.2 Å². The van der Waals surface area contributed by atoms with Gasteiger partial charge in [0, 0.05) is 18.7 Å². The Bertz CT molecular complexity index is 763. The third-order valence-corrected chi connectivity index (χ3v) is 4.16.